The van der Waals surface area contributed by atoms with Gasteiger partial charge in [0.1, 0.15) is 0 Å². The molecule has 0 aromatic carbocycles. The fourth-order valence-corrected chi connectivity index (χ4v) is 3.01. The highest BCUT2D eigenvalue weighted by Crippen LogP contribution is 2.48. The van der Waals surface area contributed by atoms with Crippen molar-refractivity contribution < 1.29 is 13.5 Å². The molecule has 2 N–H and O–H groups in total. The molecule has 4 nitrogen and oxygen atoms in total. The Morgan fingerprint density at radius 3 is 2.13 bits per heavy atom. The van der Waals surface area contributed by atoms with Gasteiger partial charge in [0.15, 0.2) is 0 Å². The summed E-state index contributed by atoms with van der Waals surface area (Å²) in [5.41, 5.74) is 0. The van der Waals surface area contributed by atoms with Crippen molar-refractivity contribution in [1.29, 1.82) is 0 Å². The van der Waals surface area contributed by atoms with Crippen LogP contribution in [0.25, 0.3) is 0 Å². The normalized spacial score (nSPS) is 22.3. The van der Waals surface area contributed by atoms with Gasteiger partial charge in [-0.2, -0.15) is 0 Å². The van der Waals surface area contributed by atoms with Gasteiger partial charge in [0, 0.05) is 6.54 Å². The van der Waals surface area contributed by atoms with Gasteiger partial charge in [-0.05, 0) is 43.4 Å². The van der Waals surface area contributed by atoms with Gasteiger partial charge in [0.25, 0.3) is 0 Å². The number of aliphatic hydroxyl groups is 1. The van der Waals surface area contributed by atoms with Gasteiger partial charge in [-0.25, -0.2) is 13.1 Å². The van der Waals surface area contributed by atoms with Crippen molar-refractivity contribution in [2.24, 2.45) is 17.8 Å². The molecule has 2 rings (SSSR count). The Bertz CT molecular complexity index is 295. The third-order valence-electron chi connectivity index (χ3n) is 3.35. The zero-order chi connectivity index (χ0) is 10.9. The highest BCUT2D eigenvalue weighted by atomic mass is 32.2. The van der Waals surface area contributed by atoms with E-state index in [2.05, 4.69) is 4.72 Å². The molecular weight excluding hydrogens is 214 g/mol. The highest BCUT2D eigenvalue weighted by molar-refractivity contribution is 7.89. The molecule has 2 saturated carbocycles. The Morgan fingerprint density at radius 1 is 1.20 bits per heavy atom. The third-order valence-corrected chi connectivity index (χ3v) is 4.68. The van der Waals surface area contributed by atoms with Gasteiger partial charge in [-0.1, -0.05) is 0 Å². The fraction of sp³-hybridized carbons (Fsp3) is 1.00. The van der Waals surface area contributed by atoms with Gasteiger partial charge in [-0.15, -0.1) is 0 Å². The lowest BCUT2D eigenvalue weighted by Gasteiger charge is -2.15. The van der Waals surface area contributed by atoms with Gasteiger partial charge in [0.05, 0.1) is 12.4 Å². The molecule has 0 aromatic rings. The highest BCUT2D eigenvalue weighted by Gasteiger charge is 2.41. The first-order chi connectivity index (χ1) is 7.12. The molecule has 0 amide bonds. The first-order valence-corrected chi connectivity index (χ1v) is 7.36. The molecule has 5 heteroatoms. The predicted octanol–water partition coefficient (Wildman–Crippen LogP) is 0.334. The van der Waals surface area contributed by atoms with Crippen LogP contribution >= 0.6 is 0 Å². The molecule has 15 heavy (non-hydrogen) atoms. The Balaban J connectivity index is 1.79. The van der Waals surface area contributed by atoms with Gasteiger partial charge < -0.3 is 5.11 Å². The first kappa shape index (κ1) is 11.4. The van der Waals surface area contributed by atoms with Crippen molar-refractivity contribution in [3.8, 4) is 0 Å². The maximum Gasteiger partial charge on any atom is 0.213 e. The van der Waals surface area contributed by atoms with E-state index >= 15 is 0 Å². The summed E-state index contributed by atoms with van der Waals surface area (Å²) in [5.74, 6) is 1.90. The summed E-state index contributed by atoms with van der Waals surface area (Å²) in [7, 11) is -3.24. The molecule has 2 fully saturated rings. The summed E-state index contributed by atoms with van der Waals surface area (Å²) in [6, 6.07) is 0. The molecule has 0 radical (unpaired) electrons. The Kier molecular flexibility index (Phi) is 3.33. The summed E-state index contributed by atoms with van der Waals surface area (Å²) < 4.78 is 25.3. The van der Waals surface area contributed by atoms with E-state index in [0.717, 1.165) is 11.8 Å². The summed E-state index contributed by atoms with van der Waals surface area (Å²) in [6.45, 7) is 0.282. The molecule has 0 aliphatic heterocycles. The number of sulfonamides is 1. The SMILES string of the molecule is O=S(=O)(CCO)NCC(C1CC1)C1CC1. The van der Waals surface area contributed by atoms with Crippen LogP contribution in [0.5, 0.6) is 0 Å². The van der Waals surface area contributed by atoms with Crippen LogP contribution in [-0.4, -0.2) is 32.4 Å². The van der Waals surface area contributed by atoms with E-state index in [9.17, 15) is 8.42 Å². The molecule has 0 atom stereocenters. The minimum Gasteiger partial charge on any atom is -0.395 e. The van der Waals surface area contributed by atoms with E-state index < -0.39 is 10.0 Å². The second kappa shape index (κ2) is 4.39. The monoisotopic (exact) mass is 233 g/mol. The van der Waals surface area contributed by atoms with Crippen LogP contribution < -0.4 is 4.72 Å². The molecule has 2 aliphatic carbocycles. The largest absolute Gasteiger partial charge is 0.395 e. The molecule has 0 aromatic heterocycles. The van der Waals surface area contributed by atoms with E-state index in [1.54, 1.807) is 0 Å². The molecule has 0 spiro atoms. The van der Waals surface area contributed by atoms with Crippen LogP contribution in [0.3, 0.4) is 0 Å². The van der Waals surface area contributed by atoms with Crippen LogP contribution in [0.15, 0.2) is 0 Å². The molecule has 0 saturated heterocycles. The predicted molar refractivity (Wildman–Crippen MR) is 57.8 cm³/mol. The zero-order valence-corrected chi connectivity index (χ0v) is 9.67. The molecular formula is C10H19NO3S. The smallest absolute Gasteiger partial charge is 0.213 e. The number of aliphatic hydroxyl groups excluding tert-OH is 1. The van der Waals surface area contributed by atoms with Crippen molar-refractivity contribution in [2.75, 3.05) is 18.9 Å². The maximum atomic E-state index is 11.3. The van der Waals surface area contributed by atoms with Gasteiger partial charge >= 0.3 is 0 Å². The third kappa shape index (κ3) is 3.43. The van der Waals surface area contributed by atoms with E-state index in [-0.39, 0.29) is 12.4 Å². The average molecular weight is 233 g/mol. The summed E-state index contributed by atoms with van der Waals surface area (Å²) in [6.07, 6.45) is 5.07. The van der Waals surface area contributed by atoms with Crippen molar-refractivity contribution in [1.82, 2.24) is 4.72 Å². The van der Waals surface area contributed by atoms with Crippen LogP contribution in [-0.2, 0) is 10.0 Å². The van der Waals surface area contributed by atoms with Crippen molar-refractivity contribution >= 4 is 10.0 Å². The quantitative estimate of drug-likeness (QED) is 0.666. The van der Waals surface area contributed by atoms with Gasteiger partial charge in [0.2, 0.25) is 10.0 Å². The van der Waals surface area contributed by atoms with Crippen molar-refractivity contribution in [3.05, 3.63) is 0 Å². The molecule has 88 valence electrons. The number of rotatable bonds is 7. The summed E-state index contributed by atoms with van der Waals surface area (Å²) in [5, 5.41) is 8.59. The van der Waals surface area contributed by atoms with Crippen molar-refractivity contribution in [3.63, 3.8) is 0 Å². The second-order valence-corrected chi connectivity index (χ2v) is 6.66. The standard InChI is InChI=1S/C10H19NO3S/c12-5-6-15(13,14)11-7-10(8-1-2-8)9-3-4-9/h8-12H,1-7H2. The summed E-state index contributed by atoms with van der Waals surface area (Å²) >= 11 is 0. The minimum atomic E-state index is -3.24. The molecule has 2 aliphatic rings. The Labute approximate surface area is 91.1 Å². The van der Waals surface area contributed by atoms with Gasteiger partial charge in [-0.3, -0.25) is 0 Å². The van der Waals surface area contributed by atoms with Crippen LogP contribution in [0, 0.1) is 17.8 Å². The number of hydrogen-bond donors (Lipinski definition) is 2. The average Bonchev–Trinajstić information content (AvgIpc) is 2.99. The second-order valence-electron chi connectivity index (χ2n) is 4.73. The lowest BCUT2D eigenvalue weighted by Crippen LogP contribution is -2.33. The number of hydrogen-bond acceptors (Lipinski definition) is 3. The van der Waals surface area contributed by atoms with E-state index in [1.807, 2.05) is 0 Å². The lowest BCUT2D eigenvalue weighted by molar-refractivity contribution is 0.318. The lowest BCUT2D eigenvalue weighted by atomic mass is 9.99. The molecule has 0 unspecified atom stereocenters. The maximum absolute atomic E-state index is 11.3. The fourth-order valence-electron chi connectivity index (χ4n) is 2.18. The Morgan fingerprint density at radius 2 is 1.73 bits per heavy atom. The van der Waals surface area contributed by atoms with E-state index in [0.29, 0.717) is 12.5 Å². The Hall–Kier alpha value is -0.130. The minimum absolute atomic E-state index is 0.172. The number of nitrogens with one attached hydrogen (secondary N) is 1. The summed E-state index contributed by atoms with van der Waals surface area (Å²) in [4.78, 5) is 0. The van der Waals surface area contributed by atoms with Crippen LogP contribution in [0.1, 0.15) is 25.7 Å². The van der Waals surface area contributed by atoms with Crippen LogP contribution in [0.2, 0.25) is 0 Å². The van der Waals surface area contributed by atoms with E-state index in [4.69, 9.17) is 5.11 Å². The van der Waals surface area contributed by atoms with E-state index in [1.165, 1.54) is 25.7 Å². The van der Waals surface area contributed by atoms with Crippen LogP contribution in [0.4, 0.5) is 0 Å². The molecule has 0 bridgehead atoms. The zero-order valence-electron chi connectivity index (χ0n) is 8.85. The van der Waals surface area contributed by atoms with Crippen molar-refractivity contribution in [2.45, 2.75) is 25.7 Å². The topological polar surface area (TPSA) is 66.4 Å². The first-order valence-electron chi connectivity index (χ1n) is 5.70. The molecule has 0 heterocycles.